The van der Waals surface area contributed by atoms with Crippen LogP contribution in [0.3, 0.4) is 0 Å². The standard InChI is InChI=1S/C19H20N4O/c1-4-18(24)22(5-2)16-11-17-19(20-12-16)21-14(3)23(17)13-15-9-7-6-8-10-15/h4,6-12H,1,5,13H2,2-3H3. The first-order chi connectivity index (χ1) is 11.6. The number of anilines is 1. The summed E-state index contributed by atoms with van der Waals surface area (Å²) in [5, 5.41) is 0. The van der Waals surface area contributed by atoms with Crippen LogP contribution in [-0.4, -0.2) is 27.0 Å². The highest BCUT2D eigenvalue weighted by atomic mass is 16.2. The van der Waals surface area contributed by atoms with E-state index in [1.54, 1.807) is 11.1 Å². The van der Waals surface area contributed by atoms with E-state index in [1.807, 2.05) is 38.1 Å². The molecule has 1 amide bonds. The highest BCUT2D eigenvalue weighted by Gasteiger charge is 2.15. The second-order valence-corrected chi connectivity index (χ2v) is 5.55. The highest BCUT2D eigenvalue weighted by Crippen LogP contribution is 2.22. The van der Waals surface area contributed by atoms with Crippen molar-refractivity contribution in [2.45, 2.75) is 20.4 Å². The molecule has 0 saturated carbocycles. The van der Waals surface area contributed by atoms with E-state index < -0.39 is 0 Å². The molecular formula is C19H20N4O. The van der Waals surface area contributed by atoms with E-state index in [2.05, 4.69) is 33.2 Å². The highest BCUT2D eigenvalue weighted by molar-refractivity contribution is 6.01. The van der Waals surface area contributed by atoms with Gasteiger partial charge in [0, 0.05) is 13.1 Å². The Morgan fingerprint density at radius 2 is 2.08 bits per heavy atom. The number of imidazole rings is 1. The Bertz CT molecular complexity index is 883. The number of hydrogen-bond acceptors (Lipinski definition) is 3. The van der Waals surface area contributed by atoms with Crippen molar-refractivity contribution in [2.75, 3.05) is 11.4 Å². The predicted molar refractivity (Wildman–Crippen MR) is 96.0 cm³/mol. The summed E-state index contributed by atoms with van der Waals surface area (Å²) in [6.45, 7) is 8.74. The SMILES string of the molecule is C=CC(=O)N(CC)c1cnc2nc(C)n(Cc3ccccc3)c2c1. The summed E-state index contributed by atoms with van der Waals surface area (Å²) in [6, 6.07) is 12.2. The van der Waals surface area contributed by atoms with Crippen molar-refractivity contribution >= 4 is 22.8 Å². The molecule has 122 valence electrons. The molecule has 0 unspecified atom stereocenters. The van der Waals surface area contributed by atoms with Gasteiger partial charge in [-0.15, -0.1) is 0 Å². The number of hydrogen-bond donors (Lipinski definition) is 0. The van der Waals surface area contributed by atoms with Gasteiger partial charge in [-0.2, -0.15) is 0 Å². The van der Waals surface area contributed by atoms with E-state index in [4.69, 9.17) is 0 Å². The molecule has 0 aliphatic rings. The first kappa shape index (κ1) is 15.9. The summed E-state index contributed by atoms with van der Waals surface area (Å²) in [6.07, 6.45) is 3.01. The Kier molecular flexibility index (Phi) is 4.42. The number of pyridine rings is 1. The van der Waals surface area contributed by atoms with Gasteiger partial charge in [-0.25, -0.2) is 9.97 Å². The summed E-state index contributed by atoms with van der Waals surface area (Å²) < 4.78 is 2.12. The molecule has 1 aromatic carbocycles. The summed E-state index contributed by atoms with van der Waals surface area (Å²) >= 11 is 0. The maximum Gasteiger partial charge on any atom is 0.250 e. The molecule has 0 N–H and O–H groups in total. The lowest BCUT2D eigenvalue weighted by molar-refractivity contribution is -0.114. The Morgan fingerprint density at radius 1 is 1.33 bits per heavy atom. The number of carbonyl (C=O) groups excluding carboxylic acids is 1. The normalized spacial score (nSPS) is 10.8. The van der Waals surface area contributed by atoms with Crippen molar-refractivity contribution in [3.8, 4) is 0 Å². The molecule has 2 aromatic heterocycles. The Labute approximate surface area is 141 Å². The van der Waals surface area contributed by atoms with Crippen LogP contribution < -0.4 is 4.90 Å². The van der Waals surface area contributed by atoms with Crippen molar-refractivity contribution < 1.29 is 4.79 Å². The molecule has 0 radical (unpaired) electrons. The number of likely N-dealkylation sites (N-methyl/N-ethyl adjacent to an activating group) is 1. The van der Waals surface area contributed by atoms with Crippen LogP contribution in [0.25, 0.3) is 11.2 Å². The van der Waals surface area contributed by atoms with Crippen LogP contribution in [0.15, 0.2) is 55.3 Å². The average molecular weight is 320 g/mol. The maximum atomic E-state index is 12.0. The van der Waals surface area contributed by atoms with Crippen molar-refractivity contribution in [1.29, 1.82) is 0 Å². The molecule has 5 heteroatoms. The van der Waals surface area contributed by atoms with Crippen LogP contribution in [-0.2, 0) is 11.3 Å². The molecule has 0 bridgehead atoms. The maximum absolute atomic E-state index is 12.0. The van der Waals surface area contributed by atoms with E-state index in [-0.39, 0.29) is 5.91 Å². The minimum atomic E-state index is -0.135. The third-order valence-electron chi connectivity index (χ3n) is 4.03. The largest absolute Gasteiger partial charge is 0.322 e. The monoisotopic (exact) mass is 320 g/mol. The molecular weight excluding hydrogens is 300 g/mol. The van der Waals surface area contributed by atoms with Gasteiger partial charge in [0.1, 0.15) is 5.82 Å². The zero-order valence-electron chi connectivity index (χ0n) is 13.9. The lowest BCUT2D eigenvalue weighted by atomic mass is 10.2. The second-order valence-electron chi connectivity index (χ2n) is 5.55. The molecule has 0 fully saturated rings. The van der Waals surface area contributed by atoms with Gasteiger partial charge in [0.05, 0.1) is 17.4 Å². The minimum Gasteiger partial charge on any atom is -0.322 e. The number of fused-ring (bicyclic) bond motifs is 1. The summed E-state index contributed by atoms with van der Waals surface area (Å²) in [5.41, 5.74) is 3.56. The van der Waals surface area contributed by atoms with E-state index in [0.29, 0.717) is 12.2 Å². The van der Waals surface area contributed by atoms with E-state index >= 15 is 0 Å². The number of nitrogens with zero attached hydrogens (tertiary/aromatic N) is 4. The van der Waals surface area contributed by atoms with Crippen LogP contribution >= 0.6 is 0 Å². The number of aromatic nitrogens is 3. The molecule has 5 nitrogen and oxygen atoms in total. The van der Waals surface area contributed by atoms with Crippen LogP contribution in [0.1, 0.15) is 18.3 Å². The number of aryl methyl sites for hydroxylation is 1. The smallest absolute Gasteiger partial charge is 0.250 e. The molecule has 3 rings (SSSR count). The lowest BCUT2D eigenvalue weighted by Gasteiger charge is -2.19. The molecule has 0 spiro atoms. The van der Waals surface area contributed by atoms with Crippen LogP contribution in [0.4, 0.5) is 5.69 Å². The third-order valence-corrected chi connectivity index (χ3v) is 4.03. The molecule has 3 aromatic rings. The van der Waals surface area contributed by atoms with Crippen molar-refractivity contribution in [3.05, 3.63) is 66.6 Å². The van der Waals surface area contributed by atoms with Gasteiger partial charge in [0.15, 0.2) is 5.65 Å². The predicted octanol–water partition coefficient (Wildman–Crippen LogP) is 3.33. The number of amides is 1. The summed E-state index contributed by atoms with van der Waals surface area (Å²) in [4.78, 5) is 22.6. The van der Waals surface area contributed by atoms with Crippen molar-refractivity contribution in [2.24, 2.45) is 0 Å². The molecule has 0 aliphatic carbocycles. The number of benzene rings is 1. The number of carbonyl (C=O) groups is 1. The topological polar surface area (TPSA) is 51.0 Å². The van der Waals surface area contributed by atoms with Gasteiger partial charge in [0.25, 0.3) is 0 Å². The van der Waals surface area contributed by atoms with Gasteiger partial charge >= 0.3 is 0 Å². The molecule has 2 heterocycles. The number of rotatable bonds is 5. The van der Waals surface area contributed by atoms with E-state index in [0.717, 1.165) is 23.6 Å². The van der Waals surface area contributed by atoms with Gasteiger partial charge in [-0.3, -0.25) is 4.79 Å². The second kappa shape index (κ2) is 6.66. The van der Waals surface area contributed by atoms with Crippen molar-refractivity contribution in [1.82, 2.24) is 14.5 Å². The molecule has 0 saturated heterocycles. The molecule has 24 heavy (non-hydrogen) atoms. The Hall–Kier alpha value is -2.95. The molecule has 0 atom stereocenters. The molecule has 0 aliphatic heterocycles. The van der Waals surface area contributed by atoms with E-state index in [9.17, 15) is 4.79 Å². The van der Waals surface area contributed by atoms with Gasteiger partial charge in [-0.1, -0.05) is 36.9 Å². The van der Waals surface area contributed by atoms with Gasteiger partial charge < -0.3 is 9.47 Å². The zero-order chi connectivity index (χ0) is 17.1. The summed E-state index contributed by atoms with van der Waals surface area (Å²) in [5.74, 6) is 0.765. The Morgan fingerprint density at radius 3 is 2.75 bits per heavy atom. The fourth-order valence-corrected chi connectivity index (χ4v) is 2.80. The summed E-state index contributed by atoms with van der Waals surface area (Å²) in [7, 11) is 0. The first-order valence-electron chi connectivity index (χ1n) is 7.94. The van der Waals surface area contributed by atoms with Crippen LogP contribution in [0.2, 0.25) is 0 Å². The van der Waals surface area contributed by atoms with Gasteiger partial charge in [0.2, 0.25) is 5.91 Å². The van der Waals surface area contributed by atoms with Crippen LogP contribution in [0, 0.1) is 6.92 Å². The quantitative estimate of drug-likeness (QED) is 0.678. The fraction of sp³-hybridized carbons (Fsp3) is 0.211. The van der Waals surface area contributed by atoms with E-state index in [1.165, 1.54) is 11.6 Å². The fourth-order valence-electron chi connectivity index (χ4n) is 2.80. The minimum absolute atomic E-state index is 0.135. The zero-order valence-corrected chi connectivity index (χ0v) is 13.9. The average Bonchev–Trinajstić information content (AvgIpc) is 2.91. The van der Waals surface area contributed by atoms with Gasteiger partial charge in [-0.05, 0) is 31.6 Å². The lowest BCUT2D eigenvalue weighted by Crippen LogP contribution is -2.28. The first-order valence-corrected chi connectivity index (χ1v) is 7.94. The third kappa shape index (κ3) is 2.93. The van der Waals surface area contributed by atoms with Crippen molar-refractivity contribution in [3.63, 3.8) is 0 Å². The van der Waals surface area contributed by atoms with Crippen LogP contribution in [0.5, 0.6) is 0 Å². The Balaban J connectivity index is 2.06.